The van der Waals surface area contributed by atoms with E-state index in [2.05, 4.69) is 10.3 Å². The molecule has 5 heteroatoms. The van der Waals surface area contributed by atoms with E-state index in [1.165, 1.54) is 0 Å². The molecule has 1 atom stereocenters. The first kappa shape index (κ1) is 15.2. The maximum absolute atomic E-state index is 12.8. The van der Waals surface area contributed by atoms with Gasteiger partial charge in [-0.2, -0.15) is 4.99 Å². The van der Waals surface area contributed by atoms with Gasteiger partial charge in [0.2, 0.25) is 5.91 Å². The molecule has 1 aromatic rings. The van der Waals surface area contributed by atoms with E-state index < -0.39 is 5.54 Å². The number of amidine groups is 1. The summed E-state index contributed by atoms with van der Waals surface area (Å²) in [5.41, 5.74) is 0.933. The van der Waals surface area contributed by atoms with Crippen LogP contribution >= 0.6 is 0 Å². The third-order valence-corrected chi connectivity index (χ3v) is 4.21. The molecular formula is C18H19N3O2. The summed E-state index contributed by atoms with van der Waals surface area (Å²) in [6.45, 7) is 4.10. The van der Waals surface area contributed by atoms with Gasteiger partial charge in [-0.15, -0.1) is 0 Å². The van der Waals surface area contributed by atoms with E-state index in [1.807, 2.05) is 49.4 Å². The number of nitrogens with zero attached hydrogens (tertiary/aromatic N) is 2. The van der Waals surface area contributed by atoms with Crippen LogP contribution < -0.4 is 5.32 Å². The quantitative estimate of drug-likeness (QED) is 0.931. The number of rotatable bonds is 3. The molecule has 0 bridgehead atoms. The van der Waals surface area contributed by atoms with Gasteiger partial charge in [-0.3, -0.25) is 9.59 Å². The summed E-state index contributed by atoms with van der Waals surface area (Å²) in [5, 5.41) is 2.94. The summed E-state index contributed by atoms with van der Waals surface area (Å²) in [5.74, 6) is 0.110. The van der Waals surface area contributed by atoms with Crippen molar-refractivity contribution in [3.05, 3.63) is 59.8 Å². The Morgan fingerprint density at radius 2 is 2.09 bits per heavy atom. The predicted molar refractivity (Wildman–Crippen MR) is 88.5 cm³/mol. The van der Waals surface area contributed by atoms with E-state index in [9.17, 15) is 9.59 Å². The third-order valence-electron chi connectivity index (χ3n) is 4.21. The number of nitrogens with one attached hydrogen (secondary N) is 1. The van der Waals surface area contributed by atoms with E-state index in [0.717, 1.165) is 11.1 Å². The Morgan fingerprint density at radius 3 is 2.83 bits per heavy atom. The number of carbonyl (C=O) groups is 2. The lowest BCUT2D eigenvalue weighted by Crippen LogP contribution is -2.60. The van der Waals surface area contributed by atoms with Gasteiger partial charge in [-0.1, -0.05) is 36.4 Å². The van der Waals surface area contributed by atoms with Crippen LogP contribution in [-0.2, 0) is 16.1 Å². The number of amides is 2. The second kappa shape index (κ2) is 5.83. The van der Waals surface area contributed by atoms with Crippen molar-refractivity contribution < 1.29 is 9.59 Å². The number of carbonyl (C=O) groups excluding carboxylic acids is 2. The summed E-state index contributed by atoms with van der Waals surface area (Å²) in [6.07, 6.45) is 5.62. The fourth-order valence-corrected chi connectivity index (χ4v) is 2.84. The fourth-order valence-electron chi connectivity index (χ4n) is 2.84. The van der Waals surface area contributed by atoms with Crippen LogP contribution in [0.3, 0.4) is 0 Å². The maximum Gasteiger partial charge on any atom is 0.250 e. The minimum Gasteiger partial charge on any atom is -0.350 e. The SMILES string of the molecule is CC1=CC=CN2C1=NC(=O)CC2(C)C(=O)NCc1ccccc1. The fraction of sp³-hybridized carbons (Fsp3) is 0.278. The van der Waals surface area contributed by atoms with Gasteiger partial charge in [-0.25, -0.2) is 0 Å². The van der Waals surface area contributed by atoms with E-state index in [0.29, 0.717) is 12.4 Å². The Kier molecular flexibility index (Phi) is 3.86. The van der Waals surface area contributed by atoms with Crippen molar-refractivity contribution in [3.63, 3.8) is 0 Å². The molecule has 1 N–H and O–H groups in total. The number of hydrogen-bond donors (Lipinski definition) is 1. The zero-order valence-electron chi connectivity index (χ0n) is 13.2. The monoisotopic (exact) mass is 309 g/mol. The zero-order valence-corrected chi connectivity index (χ0v) is 13.2. The normalized spacial score (nSPS) is 23.0. The smallest absolute Gasteiger partial charge is 0.250 e. The lowest BCUT2D eigenvalue weighted by Gasteiger charge is -2.42. The van der Waals surface area contributed by atoms with E-state index >= 15 is 0 Å². The van der Waals surface area contributed by atoms with Crippen molar-refractivity contribution >= 4 is 17.6 Å². The molecule has 2 heterocycles. The minimum absolute atomic E-state index is 0.0642. The number of hydrogen-bond acceptors (Lipinski definition) is 3. The number of aliphatic imine (C=N–C) groups is 1. The van der Waals surface area contributed by atoms with Crippen LogP contribution in [0.1, 0.15) is 25.8 Å². The number of allylic oxidation sites excluding steroid dienone is 2. The molecule has 1 unspecified atom stereocenters. The lowest BCUT2D eigenvalue weighted by atomic mass is 9.90. The van der Waals surface area contributed by atoms with Crippen molar-refractivity contribution in [2.24, 2.45) is 4.99 Å². The molecule has 2 aliphatic rings. The number of benzene rings is 1. The van der Waals surface area contributed by atoms with E-state index in [1.54, 1.807) is 18.0 Å². The van der Waals surface area contributed by atoms with Crippen molar-refractivity contribution in [2.75, 3.05) is 0 Å². The molecule has 0 saturated carbocycles. The molecule has 0 fully saturated rings. The highest BCUT2D eigenvalue weighted by Crippen LogP contribution is 2.30. The van der Waals surface area contributed by atoms with Crippen LogP contribution in [0.4, 0.5) is 0 Å². The molecule has 3 rings (SSSR count). The second-order valence-corrected chi connectivity index (χ2v) is 6.01. The highest BCUT2D eigenvalue weighted by Gasteiger charge is 2.45. The molecule has 118 valence electrons. The topological polar surface area (TPSA) is 61.8 Å². The van der Waals surface area contributed by atoms with Crippen LogP contribution in [0.25, 0.3) is 0 Å². The molecule has 0 aromatic heterocycles. The van der Waals surface area contributed by atoms with Gasteiger partial charge in [0.15, 0.2) is 0 Å². The predicted octanol–water partition coefficient (Wildman–Crippen LogP) is 2.17. The maximum atomic E-state index is 12.8. The Morgan fingerprint density at radius 1 is 1.35 bits per heavy atom. The van der Waals surface area contributed by atoms with Crippen molar-refractivity contribution in [2.45, 2.75) is 32.4 Å². The van der Waals surface area contributed by atoms with Crippen LogP contribution in [0, 0.1) is 0 Å². The highest BCUT2D eigenvalue weighted by atomic mass is 16.2. The zero-order chi connectivity index (χ0) is 16.4. The molecule has 0 spiro atoms. The standard InChI is InChI=1S/C18H19N3O2/c1-13-7-6-10-21-16(13)20-15(22)11-18(21,2)17(23)19-12-14-8-4-3-5-9-14/h3-10H,11-12H2,1-2H3,(H,19,23). The van der Waals surface area contributed by atoms with Gasteiger partial charge in [0, 0.05) is 12.7 Å². The second-order valence-electron chi connectivity index (χ2n) is 6.01. The summed E-state index contributed by atoms with van der Waals surface area (Å²) in [4.78, 5) is 30.7. The highest BCUT2D eigenvalue weighted by molar-refractivity contribution is 6.11. The summed E-state index contributed by atoms with van der Waals surface area (Å²) < 4.78 is 0. The van der Waals surface area contributed by atoms with Gasteiger partial charge in [0.25, 0.3) is 5.91 Å². The molecule has 0 aliphatic carbocycles. The minimum atomic E-state index is -0.963. The lowest BCUT2D eigenvalue weighted by molar-refractivity contribution is -0.134. The van der Waals surface area contributed by atoms with Crippen LogP contribution in [0.2, 0.25) is 0 Å². The van der Waals surface area contributed by atoms with Crippen molar-refractivity contribution in [1.82, 2.24) is 10.2 Å². The summed E-state index contributed by atoms with van der Waals surface area (Å²) in [6, 6.07) is 9.70. The molecule has 23 heavy (non-hydrogen) atoms. The molecule has 2 aliphatic heterocycles. The molecule has 0 saturated heterocycles. The Bertz CT molecular complexity index is 734. The molecule has 5 nitrogen and oxygen atoms in total. The molecular weight excluding hydrogens is 290 g/mol. The Labute approximate surface area is 135 Å². The number of fused-ring (bicyclic) bond motifs is 1. The van der Waals surface area contributed by atoms with Crippen molar-refractivity contribution in [3.8, 4) is 0 Å². The van der Waals surface area contributed by atoms with Gasteiger partial charge < -0.3 is 10.2 Å². The first-order chi connectivity index (χ1) is 11.0. The molecule has 2 amide bonds. The average Bonchev–Trinajstić information content (AvgIpc) is 2.54. The largest absolute Gasteiger partial charge is 0.350 e. The van der Waals surface area contributed by atoms with Crippen LogP contribution in [-0.4, -0.2) is 28.1 Å². The van der Waals surface area contributed by atoms with Gasteiger partial charge in [-0.05, 0) is 31.1 Å². The van der Waals surface area contributed by atoms with Crippen LogP contribution in [0.5, 0.6) is 0 Å². The van der Waals surface area contributed by atoms with E-state index in [-0.39, 0.29) is 18.2 Å². The first-order valence-electron chi connectivity index (χ1n) is 7.59. The van der Waals surface area contributed by atoms with Gasteiger partial charge >= 0.3 is 0 Å². The summed E-state index contributed by atoms with van der Waals surface area (Å²) in [7, 11) is 0. The average molecular weight is 309 g/mol. The Hall–Kier alpha value is -2.69. The van der Waals surface area contributed by atoms with Crippen molar-refractivity contribution in [1.29, 1.82) is 0 Å². The molecule has 0 radical (unpaired) electrons. The van der Waals surface area contributed by atoms with E-state index in [4.69, 9.17) is 0 Å². The van der Waals surface area contributed by atoms with Crippen LogP contribution in [0.15, 0.2) is 59.2 Å². The third kappa shape index (κ3) is 2.82. The first-order valence-corrected chi connectivity index (χ1v) is 7.59. The Balaban J connectivity index is 1.81. The molecule has 1 aromatic carbocycles. The van der Waals surface area contributed by atoms with Gasteiger partial charge in [0.1, 0.15) is 11.4 Å². The summed E-state index contributed by atoms with van der Waals surface area (Å²) >= 11 is 0. The van der Waals surface area contributed by atoms with Gasteiger partial charge in [0.05, 0.1) is 6.42 Å².